The summed E-state index contributed by atoms with van der Waals surface area (Å²) in [6.07, 6.45) is -4.30. The zero-order chi connectivity index (χ0) is 22.3. The van der Waals surface area contributed by atoms with Crippen LogP contribution >= 0.6 is 23.2 Å². The largest absolute Gasteiger partial charge is 0.481 e. The van der Waals surface area contributed by atoms with Gasteiger partial charge in [-0.1, -0.05) is 23.7 Å². The Morgan fingerprint density at radius 3 is 2.27 bits per heavy atom. The average Bonchev–Trinajstić information content (AvgIpc) is 2.97. The Hall–Kier alpha value is -2.00. The van der Waals surface area contributed by atoms with Crippen LogP contribution in [0.25, 0.3) is 0 Å². The highest BCUT2D eigenvalue weighted by Gasteiger charge is 2.49. The molecule has 6 nitrogen and oxygen atoms in total. The first kappa shape index (κ1) is 22.7. The highest BCUT2D eigenvalue weighted by atomic mass is 35.5. The van der Waals surface area contributed by atoms with Crippen LogP contribution in [0.3, 0.4) is 0 Å². The van der Waals surface area contributed by atoms with Crippen LogP contribution in [0.1, 0.15) is 25.3 Å². The number of hydrogen-bond donors (Lipinski definition) is 1. The molecule has 1 saturated heterocycles. The van der Waals surface area contributed by atoms with Gasteiger partial charge in [0, 0.05) is 18.1 Å². The maximum Gasteiger partial charge on any atom is 0.432 e. The molecular weight excluding hydrogens is 446 g/mol. The molecule has 1 N–H and O–H groups in total. The molecule has 1 aromatic rings. The minimum atomic E-state index is -4.66. The van der Waals surface area contributed by atoms with Gasteiger partial charge in [-0.05, 0) is 37.5 Å². The predicted octanol–water partition coefficient (Wildman–Crippen LogP) is 3.51. The van der Waals surface area contributed by atoms with Gasteiger partial charge in [0.2, 0.25) is 5.91 Å². The normalized spacial score (nSPS) is 24.0. The van der Waals surface area contributed by atoms with Crippen molar-refractivity contribution in [2.24, 2.45) is 5.10 Å². The summed E-state index contributed by atoms with van der Waals surface area (Å²) < 4.78 is 39.0. The van der Waals surface area contributed by atoms with E-state index < -0.39 is 40.6 Å². The Balaban J connectivity index is 1.68. The molecule has 2 heterocycles. The molecule has 2 aliphatic rings. The summed E-state index contributed by atoms with van der Waals surface area (Å²) in [6.45, 7) is 1.44. The van der Waals surface area contributed by atoms with Crippen molar-refractivity contribution in [2.75, 3.05) is 19.6 Å². The second-order valence-corrected chi connectivity index (χ2v) is 8.40. The molecule has 0 saturated carbocycles. The summed E-state index contributed by atoms with van der Waals surface area (Å²) in [5.41, 5.74) is -1.66. The van der Waals surface area contributed by atoms with Crippen molar-refractivity contribution in [3.8, 4) is 0 Å². The molecule has 2 unspecified atom stereocenters. The first-order valence-electron chi connectivity index (χ1n) is 9.29. The van der Waals surface area contributed by atoms with E-state index in [0.29, 0.717) is 10.6 Å². The number of carbonyl (C=O) groups excluding carboxylic acids is 1. The summed E-state index contributed by atoms with van der Waals surface area (Å²) in [6, 6.07) is 5.77. The molecule has 1 fully saturated rings. The van der Waals surface area contributed by atoms with Crippen LogP contribution in [0.4, 0.5) is 13.2 Å². The molecule has 3 rings (SSSR count). The van der Waals surface area contributed by atoms with Crippen molar-refractivity contribution < 1.29 is 27.9 Å². The molecule has 1 aromatic carbocycles. The fourth-order valence-electron chi connectivity index (χ4n) is 3.83. The minimum absolute atomic E-state index is 0.163. The predicted molar refractivity (Wildman–Crippen MR) is 106 cm³/mol. The fraction of sp³-hybridized carbons (Fsp3) is 0.526. The van der Waals surface area contributed by atoms with Crippen molar-refractivity contribution in [3.63, 3.8) is 0 Å². The van der Waals surface area contributed by atoms with Crippen molar-refractivity contribution >= 4 is 40.8 Å². The molecule has 30 heavy (non-hydrogen) atoms. The van der Waals surface area contributed by atoms with Gasteiger partial charge in [-0.3, -0.25) is 14.6 Å². The van der Waals surface area contributed by atoms with Crippen LogP contribution in [0, 0.1) is 0 Å². The number of halogens is 5. The highest BCUT2D eigenvalue weighted by Crippen LogP contribution is 2.37. The fourth-order valence-corrected chi connectivity index (χ4v) is 4.25. The van der Waals surface area contributed by atoms with Crippen LogP contribution in [-0.4, -0.2) is 69.8 Å². The zero-order valence-electron chi connectivity index (χ0n) is 16.0. The van der Waals surface area contributed by atoms with E-state index in [4.69, 9.17) is 23.2 Å². The number of hydrogen-bond acceptors (Lipinski definition) is 4. The van der Waals surface area contributed by atoms with E-state index in [9.17, 15) is 27.9 Å². The second kappa shape index (κ2) is 8.26. The number of benzene rings is 1. The van der Waals surface area contributed by atoms with Crippen molar-refractivity contribution in [1.29, 1.82) is 0 Å². The molecule has 0 radical (unpaired) electrons. The first-order chi connectivity index (χ1) is 14.0. The third kappa shape index (κ3) is 4.23. The summed E-state index contributed by atoms with van der Waals surface area (Å²) in [5.74, 6) is -1.41. The number of likely N-dealkylation sites (tertiary alicyclic amines) is 1. The molecule has 2 aliphatic heterocycles. The van der Waals surface area contributed by atoms with E-state index in [2.05, 4.69) is 5.10 Å². The van der Waals surface area contributed by atoms with Gasteiger partial charge in [0.1, 0.15) is 11.9 Å². The van der Waals surface area contributed by atoms with Gasteiger partial charge in [-0.25, -0.2) is 0 Å². The smallest absolute Gasteiger partial charge is 0.432 e. The summed E-state index contributed by atoms with van der Waals surface area (Å²) in [5, 5.41) is 13.5. The molecule has 2 atom stereocenters. The lowest BCUT2D eigenvalue weighted by Gasteiger charge is -2.39. The van der Waals surface area contributed by atoms with E-state index in [1.807, 2.05) is 0 Å². The number of carboxylic acids is 1. The lowest BCUT2D eigenvalue weighted by atomic mass is 9.73. The van der Waals surface area contributed by atoms with Gasteiger partial charge >= 0.3 is 12.1 Å². The van der Waals surface area contributed by atoms with Gasteiger partial charge in [0.25, 0.3) is 0 Å². The number of carboxylic acid groups (broad SMARTS) is 1. The topological polar surface area (TPSA) is 73.2 Å². The van der Waals surface area contributed by atoms with Crippen molar-refractivity contribution in [1.82, 2.24) is 9.91 Å². The van der Waals surface area contributed by atoms with Crippen molar-refractivity contribution in [2.45, 2.75) is 42.8 Å². The Bertz CT molecular complexity index is 853. The maximum atomic E-state index is 13.0. The van der Waals surface area contributed by atoms with Gasteiger partial charge < -0.3 is 10.0 Å². The van der Waals surface area contributed by atoms with Crippen LogP contribution in [-0.2, 0) is 15.0 Å². The first-order valence-corrected chi connectivity index (χ1v) is 10.1. The van der Waals surface area contributed by atoms with Gasteiger partial charge in [0.15, 0.2) is 5.71 Å². The SMILES string of the molecule is CC1C(Cl)C(C(F)(F)F)=NN1CC(=O)N1CCC(C(=O)O)(c2ccc(Cl)cc2)CC1. The van der Waals surface area contributed by atoms with E-state index in [0.717, 1.165) is 5.01 Å². The molecule has 0 aliphatic carbocycles. The van der Waals surface area contributed by atoms with Crippen LogP contribution < -0.4 is 0 Å². The lowest BCUT2D eigenvalue weighted by molar-refractivity contribution is -0.148. The van der Waals surface area contributed by atoms with Gasteiger partial charge in [0.05, 0.1) is 11.5 Å². The molecule has 164 valence electrons. The highest BCUT2D eigenvalue weighted by molar-refractivity contribution is 6.34. The summed E-state index contributed by atoms with van der Waals surface area (Å²) >= 11 is 11.7. The molecule has 1 amide bonds. The number of carbonyl (C=O) groups is 2. The van der Waals surface area contributed by atoms with Crippen LogP contribution in [0.2, 0.25) is 5.02 Å². The summed E-state index contributed by atoms with van der Waals surface area (Å²) in [4.78, 5) is 26.1. The number of aliphatic carboxylic acids is 1. The van der Waals surface area contributed by atoms with Crippen LogP contribution in [0.15, 0.2) is 29.4 Å². The third-order valence-corrected chi connectivity index (χ3v) is 6.58. The monoisotopic (exact) mass is 465 g/mol. The third-order valence-electron chi connectivity index (χ3n) is 5.75. The zero-order valence-corrected chi connectivity index (χ0v) is 17.5. The van der Waals surface area contributed by atoms with E-state index in [1.54, 1.807) is 24.3 Å². The maximum absolute atomic E-state index is 13.0. The number of hydrazone groups is 1. The number of nitrogens with zero attached hydrogens (tertiary/aromatic N) is 3. The molecule has 0 spiro atoms. The molecule has 11 heteroatoms. The van der Waals surface area contributed by atoms with Crippen molar-refractivity contribution in [3.05, 3.63) is 34.9 Å². The molecule has 0 aromatic heterocycles. The second-order valence-electron chi connectivity index (χ2n) is 7.50. The Kier molecular flexibility index (Phi) is 6.25. The molecular formula is C19H20Cl2F3N3O3. The van der Waals surface area contributed by atoms with Gasteiger partial charge in [-0.2, -0.15) is 18.3 Å². The number of piperidine rings is 1. The van der Waals surface area contributed by atoms with E-state index >= 15 is 0 Å². The Labute approximate surface area is 181 Å². The molecule has 0 bridgehead atoms. The average molecular weight is 466 g/mol. The standard InChI is InChI=1S/C19H20Cl2F3N3O3/c1-11-15(21)16(19(22,23)24)25-27(11)10-14(28)26-8-6-18(7-9-26,17(29)30)12-2-4-13(20)5-3-12/h2-5,11,15H,6-10H2,1H3,(H,29,30). The van der Waals surface area contributed by atoms with Gasteiger partial charge in [-0.15, -0.1) is 11.6 Å². The van der Waals surface area contributed by atoms with Crippen LogP contribution in [0.5, 0.6) is 0 Å². The lowest BCUT2D eigenvalue weighted by Crippen LogP contribution is -2.51. The number of alkyl halides is 4. The quantitative estimate of drug-likeness (QED) is 0.690. The Morgan fingerprint density at radius 1 is 1.23 bits per heavy atom. The number of amides is 1. The van der Waals surface area contributed by atoms with E-state index in [1.165, 1.54) is 11.8 Å². The number of rotatable bonds is 4. The minimum Gasteiger partial charge on any atom is -0.481 e. The summed E-state index contributed by atoms with van der Waals surface area (Å²) in [7, 11) is 0. The van der Waals surface area contributed by atoms with E-state index in [-0.39, 0.29) is 32.5 Å². The Morgan fingerprint density at radius 2 is 1.80 bits per heavy atom.